The summed E-state index contributed by atoms with van der Waals surface area (Å²) in [6, 6.07) is 0.537. The Balaban J connectivity index is 2.13. The maximum absolute atomic E-state index is 5.64. The molecule has 23 heavy (non-hydrogen) atoms. The van der Waals surface area contributed by atoms with Crippen LogP contribution in [-0.2, 0) is 4.74 Å². The molecule has 0 aromatic rings. The van der Waals surface area contributed by atoms with Gasteiger partial charge in [0.05, 0.1) is 12.7 Å². The highest BCUT2D eigenvalue weighted by Crippen LogP contribution is 2.10. The Morgan fingerprint density at radius 1 is 1.30 bits per heavy atom. The van der Waals surface area contributed by atoms with E-state index in [1.807, 2.05) is 18.8 Å². The molecule has 0 unspecified atom stereocenters. The van der Waals surface area contributed by atoms with Crippen molar-refractivity contribution in [2.24, 2.45) is 4.99 Å². The molecule has 6 heteroatoms. The van der Waals surface area contributed by atoms with Crippen molar-refractivity contribution in [3.63, 3.8) is 0 Å². The van der Waals surface area contributed by atoms with Crippen molar-refractivity contribution >= 4 is 17.7 Å². The Labute approximate surface area is 147 Å². The molecule has 1 aliphatic rings. The molecule has 0 saturated carbocycles. The lowest BCUT2D eigenvalue weighted by Gasteiger charge is -2.33. The van der Waals surface area contributed by atoms with E-state index >= 15 is 0 Å². The standard InChI is InChI=1S/C17H36N4OS/c1-15(2)22-13-12-21-10-7-16(8-11-21)20-17(18-3)19-9-5-6-14-23-4/h15-16H,5-14H2,1-4H3,(H2,18,19,20). The minimum Gasteiger partial charge on any atom is -0.377 e. The second-order valence-electron chi connectivity index (χ2n) is 6.38. The number of hydrogen-bond donors (Lipinski definition) is 2. The molecule has 1 heterocycles. The second-order valence-corrected chi connectivity index (χ2v) is 7.36. The largest absolute Gasteiger partial charge is 0.377 e. The summed E-state index contributed by atoms with van der Waals surface area (Å²) in [7, 11) is 1.86. The van der Waals surface area contributed by atoms with Gasteiger partial charge in [0, 0.05) is 39.3 Å². The molecule has 0 spiro atoms. The number of likely N-dealkylation sites (tertiary alicyclic amines) is 1. The van der Waals surface area contributed by atoms with Crippen LogP contribution in [0.5, 0.6) is 0 Å². The number of unbranched alkanes of at least 4 members (excludes halogenated alkanes) is 1. The maximum Gasteiger partial charge on any atom is 0.191 e. The van der Waals surface area contributed by atoms with Gasteiger partial charge in [0.15, 0.2) is 5.96 Å². The monoisotopic (exact) mass is 344 g/mol. The molecule has 0 aromatic carbocycles. The minimum atomic E-state index is 0.333. The molecule has 0 aromatic heterocycles. The molecule has 0 bridgehead atoms. The van der Waals surface area contributed by atoms with E-state index in [2.05, 4.69) is 40.6 Å². The third kappa shape index (κ3) is 10.1. The zero-order valence-corrected chi connectivity index (χ0v) is 16.3. The van der Waals surface area contributed by atoms with E-state index in [1.54, 1.807) is 0 Å². The van der Waals surface area contributed by atoms with E-state index < -0.39 is 0 Å². The van der Waals surface area contributed by atoms with E-state index in [4.69, 9.17) is 4.74 Å². The van der Waals surface area contributed by atoms with Crippen molar-refractivity contribution in [1.29, 1.82) is 0 Å². The third-order valence-corrected chi connectivity index (χ3v) is 4.78. The van der Waals surface area contributed by atoms with Crippen LogP contribution in [-0.4, -0.2) is 74.8 Å². The molecular formula is C17H36N4OS. The molecule has 5 nitrogen and oxygen atoms in total. The van der Waals surface area contributed by atoms with Gasteiger partial charge in [-0.15, -0.1) is 0 Å². The number of nitrogens with one attached hydrogen (secondary N) is 2. The van der Waals surface area contributed by atoms with Gasteiger partial charge in [-0.25, -0.2) is 0 Å². The van der Waals surface area contributed by atoms with Crippen molar-refractivity contribution in [1.82, 2.24) is 15.5 Å². The summed E-state index contributed by atoms with van der Waals surface area (Å²) < 4.78 is 5.64. The Hall–Kier alpha value is -0.460. The predicted octanol–water partition coefficient (Wildman–Crippen LogP) is 2.18. The molecule has 1 rings (SSSR count). The van der Waals surface area contributed by atoms with Gasteiger partial charge in [-0.2, -0.15) is 11.8 Å². The summed E-state index contributed by atoms with van der Waals surface area (Å²) in [5.41, 5.74) is 0. The number of ether oxygens (including phenoxy) is 1. The normalized spacial score (nSPS) is 17.7. The molecule has 0 amide bonds. The molecule has 136 valence electrons. The summed E-state index contributed by atoms with van der Waals surface area (Å²) in [5.74, 6) is 2.20. The molecule has 2 N–H and O–H groups in total. The lowest BCUT2D eigenvalue weighted by atomic mass is 10.1. The SMILES string of the molecule is CN=C(NCCCCSC)NC1CCN(CCOC(C)C)CC1. The van der Waals surface area contributed by atoms with Gasteiger partial charge in [-0.05, 0) is 51.5 Å². The fourth-order valence-electron chi connectivity index (χ4n) is 2.68. The van der Waals surface area contributed by atoms with Crippen LogP contribution >= 0.6 is 11.8 Å². The Bertz CT molecular complexity index is 318. The van der Waals surface area contributed by atoms with Crippen molar-refractivity contribution < 1.29 is 4.74 Å². The third-order valence-electron chi connectivity index (χ3n) is 4.08. The first kappa shape index (κ1) is 20.6. The lowest BCUT2D eigenvalue weighted by Crippen LogP contribution is -2.49. The second kappa shape index (κ2) is 12.9. The molecule has 0 atom stereocenters. The Kier molecular flexibility index (Phi) is 11.5. The van der Waals surface area contributed by atoms with Gasteiger partial charge in [0.25, 0.3) is 0 Å². The number of nitrogens with zero attached hydrogens (tertiary/aromatic N) is 2. The van der Waals surface area contributed by atoms with Crippen LogP contribution in [0.15, 0.2) is 4.99 Å². The van der Waals surface area contributed by atoms with Crippen molar-refractivity contribution in [3.8, 4) is 0 Å². The number of thioether (sulfide) groups is 1. The average molecular weight is 345 g/mol. The number of rotatable bonds is 10. The van der Waals surface area contributed by atoms with Crippen molar-refractivity contribution in [2.45, 2.75) is 51.7 Å². The first-order valence-electron chi connectivity index (χ1n) is 8.95. The summed E-state index contributed by atoms with van der Waals surface area (Å²) >= 11 is 1.91. The van der Waals surface area contributed by atoms with Gasteiger partial charge in [0.2, 0.25) is 0 Å². The Morgan fingerprint density at radius 2 is 2.04 bits per heavy atom. The van der Waals surface area contributed by atoms with Gasteiger partial charge < -0.3 is 20.3 Å². The summed E-state index contributed by atoms with van der Waals surface area (Å²) in [6.07, 6.45) is 7.32. The molecule has 0 aliphatic carbocycles. The molecule has 1 fully saturated rings. The van der Waals surface area contributed by atoms with Gasteiger partial charge in [0.1, 0.15) is 0 Å². The van der Waals surface area contributed by atoms with Crippen LogP contribution in [0.4, 0.5) is 0 Å². The van der Waals surface area contributed by atoms with E-state index in [1.165, 1.54) is 31.4 Å². The van der Waals surface area contributed by atoms with E-state index in [0.717, 1.165) is 38.7 Å². The molecule has 1 aliphatic heterocycles. The highest BCUT2D eigenvalue weighted by atomic mass is 32.2. The number of aliphatic imine (C=N–C) groups is 1. The zero-order chi connectivity index (χ0) is 16.9. The molecular weight excluding hydrogens is 308 g/mol. The van der Waals surface area contributed by atoms with E-state index in [9.17, 15) is 0 Å². The van der Waals surface area contributed by atoms with Gasteiger partial charge in [-0.1, -0.05) is 0 Å². The quantitative estimate of drug-likeness (QED) is 0.361. The number of hydrogen-bond acceptors (Lipinski definition) is 4. The minimum absolute atomic E-state index is 0.333. The Morgan fingerprint density at radius 3 is 2.65 bits per heavy atom. The fraction of sp³-hybridized carbons (Fsp3) is 0.941. The van der Waals surface area contributed by atoms with Crippen LogP contribution < -0.4 is 10.6 Å². The first-order valence-corrected chi connectivity index (χ1v) is 10.3. The van der Waals surface area contributed by atoms with Crippen molar-refractivity contribution in [2.75, 3.05) is 51.8 Å². The number of piperidine rings is 1. The van der Waals surface area contributed by atoms with Crippen LogP contribution in [0, 0.1) is 0 Å². The maximum atomic E-state index is 5.64. The predicted molar refractivity (Wildman–Crippen MR) is 103 cm³/mol. The zero-order valence-electron chi connectivity index (χ0n) is 15.4. The van der Waals surface area contributed by atoms with E-state index in [0.29, 0.717) is 12.1 Å². The average Bonchev–Trinajstić information content (AvgIpc) is 2.54. The van der Waals surface area contributed by atoms with Gasteiger partial charge in [-0.3, -0.25) is 4.99 Å². The van der Waals surface area contributed by atoms with Crippen molar-refractivity contribution in [3.05, 3.63) is 0 Å². The lowest BCUT2D eigenvalue weighted by molar-refractivity contribution is 0.0532. The highest BCUT2D eigenvalue weighted by molar-refractivity contribution is 7.98. The van der Waals surface area contributed by atoms with E-state index in [-0.39, 0.29) is 0 Å². The van der Waals surface area contributed by atoms with Crippen LogP contribution in [0.3, 0.4) is 0 Å². The molecule has 1 saturated heterocycles. The van der Waals surface area contributed by atoms with Crippen LogP contribution in [0.1, 0.15) is 39.5 Å². The number of guanidine groups is 1. The van der Waals surface area contributed by atoms with Crippen LogP contribution in [0.2, 0.25) is 0 Å². The summed E-state index contributed by atoms with van der Waals surface area (Å²) in [5, 5.41) is 7.00. The summed E-state index contributed by atoms with van der Waals surface area (Å²) in [6.45, 7) is 9.37. The first-order chi connectivity index (χ1) is 11.2. The highest BCUT2D eigenvalue weighted by Gasteiger charge is 2.19. The fourth-order valence-corrected chi connectivity index (χ4v) is 3.18. The topological polar surface area (TPSA) is 48.9 Å². The van der Waals surface area contributed by atoms with Crippen LogP contribution in [0.25, 0.3) is 0 Å². The smallest absolute Gasteiger partial charge is 0.191 e. The summed E-state index contributed by atoms with van der Waals surface area (Å²) in [4.78, 5) is 6.84. The molecule has 0 radical (unpaired) electrons. The van der Waals surface area contributed by atoms with Gasteiger partial charge >= 0.3 is 0 Å².